The van der Waals surface area contributed by atoms with Gasteiger partial charge in [-0.1, -0.05) is 27.2 Å². The second-order valence-electron chi connectivity index (χ2n) is 6.04. The second-order valence-corrected chi connectivity index (χ2v) is 6.04. The number of rotatable bonds is 4. The molecule has 0 aromatic heterocycles. The standard InChI is InChI=1S/C13H25NO2/c1-5-10(2)14-13(11(15)16)8-6-7-12(3,4)9-13/h10,14H,5-9H2,1-4H3,(H,15,16). The molecule has 2 unspecified atom stereocenters. The van der Waals surface area contributed by atoms with Gasteiger partial charge in [-0.05, 0) is 38.0 Å². The van der Waals surface area contributed by atoms with Crippen LogP contribution in [0.2, 0.25) is 0 Å². The van der Waals surface area contributed by atoms with Gasteiger partial charge in [-0.15, -0.1) is 0 Å². The van der Waals surface area contributed by atoms with Gasteiger partial charge < -0.3 is 5.11 Å². The van der Waals surface area contributed by atoms with Crippen LogP contribution in [-0.4, -0.2) is 22.7 Å². The molecule has 1 aliphatic carbocycles. The van der Waals surface area contributed by atoms with Crippen LogP contribution in [0.5, 0.6) is 0 Å². The largest absolute Gasteiger partial charge is 0.480 e. The van der Waals surface area contributed by atoms with E-state index in [0.717, 1.165) is 32.1 Å². The lowest BCUT2D eigenvalue weighted by Crippen LogP contribution is -2.58. The maximum atomic E-state index is 11.6. The fraction of sp³-hybridized carbons (Fsp3) is 0.923. The minimum atomic E-state index is -0.697. The summed E-state index contributed by atoms with van der Waals surface area (Å²) >= 11 is 0. The Kier molecular flexibility index (Phi) is 4.00. The van der Waals surface area contributed by atoms with Crippen molar-refractivity contribution in [3.05, 3.63) is 0 Å². The van der Waals surface area contributed by atoms with Crippen LogP contribution in [0.4, 0.5) is 0 Å². The monoisotopic (exact) mass is 227 g/mol. The fourth-order valence-electron chi connectivity index (χ4n) is 2.80. The molecule has 0 aromatic carbocycles. The molecule has 1 saturated carbocycles. The summed E-state index contributed by atoms with van der Waals surface area (Å²) in [7, 11) is 0. The fourth-order valence-corrected chi connectivity index (χ4v) is 2.80. The van der Waals surface area contributed by atoms with Crippen LogP contribution in [0.15, 0.2) is 0 Å². The summed E-state index contributed by atoms with van der Waals surface area (Å²) in [6.07, 6.45) is 4.60. The SMILES string of the molecule is CCC(C)NC1(C(=O)O)CCCC(C)(C)C1. The zero-order valence-corrected chi connectivity index (χ0v) is 11.0. The van der Waals surface area contributed by atoms with Gasteiger partial charge in [-0.3, -0.25) is 10.1 Å². The van der Waals surface area contributed by atoms with Crippen molar-refractivity contribution in [2.75, 3.05) is 0 Å². The summed E-state index contributed by atoms with van der Waals surface area (Å²) in [5.74, 6) is -0.680. The van der Waals surface area contributed by atoms with Gasteiger partial charge in [-0.25, -0.2) is 0 Å². The van der Waals surface area contributed by atoms with Gasteiger partial charge >= 0.3 is 5.97 Å². The molecule has 0 spiro atoms. The first kappa shape index (κ1) is 13.5. The average Bonchev–Trinajstić information content (AvgIpc) is 2.15. The Labute approximate surface area is 98.6 Å². The predicted molar refractivity (Wildman–Crippen MR) is 65.5 cm³/mol. The Morgan fingerprint density at radius 2 is 2.06 bits per heavy atom. The summed E-state index contributed by atoms with van der Waals surface area (Å²) < 4.78 is 0. The number of aliphatic carboxylic acids is 1. The minimum absolute atomic E-state index is 0.136. The third kappa shape index (κ3) is 2.97. The molecule has 2 N–H and O–H groups in total. The first-order chi connectivity index (χ1) is 7.31. The van der Waals surface area contributed by atoms with E-state index in [0.29, 0.717) is 0 Å². The normalized spacial score (nSPS) is 31.0. The van der Waals surface area contributed by atoms with Crippen LogP contribution < -0.4 is 5.32 Å². The maximum Gasteiger partial charge on any atom is 0.323 e. The van der Waals surface area contributed by atoms with Crippen LogP contribution in [0.1, 0.15) is 59.8 Å². The van der Waals surface area contributed by atoms with Crippen molar-refractivity contribution in [2.24, 2.45) is 5.41 Å². The number of nitrogens with one attached hydrogen (secondary N) is 1. The number of carboxylic acid groups (broad SMARTS) is 1. The summed E-state index contributed by atoms with van der Waals surface area (Å²) in [5, 5.41) is 12.8. The predicted octanol–water partition coefficient (Wildman–Crippen LogP) is 2.80. The lowest BCUT2D eigenvalue weighted by Gasteiger charge is -2.44. The lowest BCUT2D eigenvalue weighted by atomic mass is 9.68. The Hall–Kier alpha value is -0.570. The van der Waals surface area contributed by atoms with Gasteiger partial charge in [0.05, 0.1) is 0 Å². The summed E-state index contributed by atoms with van der Waals surface area (Å²) in [6.45, 7) is 8.48. The van der Waals surface area contributed by atoms with E-state index >= 15 is 0 Å². The second kappa shape index (κ2) is 4.74. The van der Waals surface area contributed by atoms with Gasteiger partial charge in [0, 0.05) is 6.04 Å². The molecule has 16 heavy (non-hydrogen) atoms. The van der Waals surface area contributed by atoms with Crippen molar-refractivity contribution in [3.63, 3.8) is 0 Å². The molecule has 1 fully saturated rings. The van der Waals surface area contributed by atoms with Crippen LogP contribution in [0.25, 0.3) is 0 Å². The van der Waals surface area contributed by atoms with Crippen LogP contribution in [0.3, 0.4) is 0 Å². The number of carbonyl (C=O) groups is 1. The summed E-state index contributed by atoms with van der Waals surface area (Å²) in [6, 6.07) is 0.269. The van der Waals surface area contributed by atoms with E-state index in [9.17, 15) is 9.90 Å². The first-order valence-corrected chi connectivity index (χ1v) is 6.32. The molecule has 0 aromatic rings. The quantitative estimate of drug-likeness (QED) is 0.776. The van der Waals surface area contributed by atoms with E-state index in [1.165, 1.54) is 0 Å². The highest BCUT2D eigenvalue weighted by Gasteiger charge is 2.46. The van der Waals surface area contributed by atoms with Gasteiger partial charge in [0.1, 0.15) is 5.54 Å². The van der Waals surface area contributed by atoms with Crippen molar-refractivity contribution in [1.29, 1.82) is 0 Å². The molecule has 0 bridgehead atoms. The van der Waals surface area contributed by atoms with Crippen molar-refractivity contribution in [3.8, 4) is 0 Å². The van der Waals surface area contributed by atoms with E-state index in [1.807, 2.05) is 0 Å². The highest BCUT2D eigenvalue weighted by molar-refractivity contribution is 5.79. The molecule has 3 nitrogen and oxygen atoms in total. The molecule has 0 radical (unpaired) electrons. The summed E-state index contributed by atoms with van der Waals surface area (Å²) in [5.41, 5.74) is -0.561. The van der Waals surface area contributed by atoms with Gasteiger partial charge in [0.2, 0.25) is 0 Å². The topological polar surface area (TPSA) is 49.3 Å². The molecule has 0 heterocycles. The molecule has 1 rings (SSSR count). The molecule has 1 aliphatic rings. The third-order valence-corrected chi connectivity index (χ3v) is 3.78. The first-order valence-electron chi connectivity index (χ1n) is 6.32. The van der Waals surface area contributed by atoms with Crippen LogP contribution >= 0.6 is 0 Å². The molecule has 0 saturated heterocycles. The van der Waals surface area contributed by atoms with Crippen LogP contribution in [-0.2, 0) is 4.79 Å². The Morgan fingerprint density at radius 1 is 1.44 bits per heavy atom. The van der Waals surface area contributed by atoms with Crippen molar-refractivity contribution >= 4 is 5.97 Å². The maximum absolute atomic E-state index is 11.6. The van der Waals surface area contributed by atoms with Gasteiger partial charge in [0.15, 0.2) is 0 Å². The number of carboxylic acids is 1. The van der Waals surface area contributed by atoms with Gasteiger partial charge in [-0.2, -0.15) is 0 Å². The Balaban J connectivity index is 2.84. The summed E-state index contributed by atoms with van der Waals surface area (Å²) in [4.78, 5) is 11.6. The van der Waals surface area contributed by atoms with Crippen molar-refractivity contribution in [2.45, 2.75) is 71.4 Å². The molecule has 0 amide bonds. The number of hydrogen-bond acceptors (Lipinski definition) is 2. The molecule has 2 atom stereocenters. The zero-order chi connectivity index (χ0) is 12.4. The van der Waals surface area contributed by atoms with E-state index in [4.69, 9.17) is 0 Å². The highest BCUT2D eigenvalue weighted by atomic mass is 16.4. The van der Waals surface area contributed by atoms with Crippen LogP contribution in [0, 0.1) is 5.41 Å². The Morgan fingerprint density at radius 3 is 2.50 bits per heavy atom. The zero-order valence-electron chi connectivity index (χ0n) is 11.0. The van der Waals surface area contributed by atoms with Gasteiger partial charge in [0.25, 0.3) is 0 Å². The Bertz CT molecular complexity index is 263. The van der Waals surface area contributed by atoms with Crippen molar-refractivity contribution in [1.82, 2.24) is 5.32 Å². The third-order valence-electron chi connectivity index (χ3n) is 3.78. The minimum Gasteiger partial charge on any atom is -0.480 e. The molecule has 94 valence electrons. The smallest absolute Gasteiger partial charge is 0.323 e. The van der Waals surface area contributed by atoms with E-state index in [2.05, 4.69) is 33.0 Å². The molecular weight excluding hydrogens is 202 g/mol. The van der Waals surface area contributed by atoms with E-state index in [1.54, 1.807) is 0 Å². The average molecular weight is 227 g/mol. The highest BCUT2D eigenvalue weighted by Crippen LogP contribution is 2.41. The molecule has 3 heteroatoms. The van der Waals surface area contributed by atoms with E-state index < -0.39 is 11.5 Å². The molecule has 0 aliphatic heterocycles. The lowest BCUT2D eigenvalue weighted by molar-refractivity contribution is -0.148. The van der Waals surface area contributed by atoms with E-state index in [-0.39, 0.29) is 11.5 Å². The number of hydrogen-bond donors (Lipinski definition) is 2. The van der Waals surface area contributed by atoms with Crippen molar-refractivity contribution < 1.29 is 9.90 Å². The molecular formula is C13H25NO2.